The van der Waals surface area contributed by atoms with E-state index in [4.69, 9.17) is 0 Å². The average molecular weight is 359 g/mol. The van der Waals surface area contributed by atoms with E-state index in [-0.39, 0.29) is 9.63 Å². The molecule has 0 saturated carbocycles. The molecule has 0 radical (unpaired) electrons. The third kappa shape index (κ3) is 2.57. The van der Waals surface area contributed by atoms with Crippen LogP contribution in [0.3, 0.4) is 0 Å². The van der Waals surface area contributed by atoms with Crippen molar-refractivity contribution in [2.24, 2.45) is 7.05 Å². The van der Waals surface area contributed by atoms with Crippen LogP contribution in [-0.4, -0.2) is 30.0 Å². The summed E-state index contributed by atoms with van der Waals surface area (Å²) >= 11 is 3.13. The highest BCUT2D eigenvalue weighted by molar-refractivity contribution is 9.10. The highest BCUT2D eigenvalue weighted by Crippen LogP contribution is 2.26. The van der Waals surface area contributed by atoms with Gasteiger partial charge in [-0.05, 0) is 41.9 Å². The van der Waals surface area contributed by atoms with Gasteiger partial charge in [-0.2, -0.15) is 8.42 Å². The monoisotopic (exact) mass is 358 g/mol. The SMILES string of the molecule is CCN(c1ccc(C)cc1)S(=O)(=O)c1c(Br)nnn1C. The fourth-order valence-corrected chi connectivity index (χ4v) is 4.42. The molecule has 0 unspecified atom stereocenters. The third-order valence-corrected chi connectivity index (χ3v) is 5.67. The molecule has 0 fully saturated rings. The van der Waals surface area contributed by atoms with Gasteiger partial charge in [0.25, 0.3) is 10.0 Å². The minimum absolute atomic E-state index is 0.0416. The number of halogens is 1. The van der Waals surface area contributed by atoms with E-state index in [2.05, 4.69) is 26.2 Å². The second-order valence-electron chi connectivity index (χ2n) is 4.31. The largest absolute Gasteiger partial charge is 0.284 e. The number of aromatic nitrogens is 3. The number of hydrogen-bond acceptors (Lipinski definition) is 4. The molecule has 0 saturated heterocycles. The molecule has 1 aromatic carbocycles. The number of aryl methyl sites for hydroxylation is 2. The van der Waals surface area contributed by atoms with E-state index in [1.165, 1.54) is 8.99 Å². The summed E-state index contributed by atoms with van der Waals surface area (Å²) in [6.07, 6.45) is 0. The smallest absolute Gasteiger partial charge is 0.265 e. The molecule has 1 aromatic heterocycles. The Hall–Kier alpha value is -1.41. The Balaban J connectivity index is 2.53. The van der Waals surface area contributed by atoms with E-state index in [0.29, 0.717) is 12.2 Å². The van der Waals surface area contributed by atoms with Crippen LogP contribution < -0.4 is 4.31 Å². The highest BCUT2D eigenvalue weighted by Gasteiger charge is 2.30. The van der Waals surface area contributed by atoms with Gasteiger partial charge in [0.2, 0.25) is 5.03 Å². The van der Waals surface area contributed by atoms with Crippen molar-refractivity contribution < 1.29 is 8.42 Å². The maximum atomic E-state index is 12.7. The van der Waals surface area contributed by atoms with Crippen LogP contribution in [0.4, 0.5) is 5.69 Å². The molecule has 0 bridgehead atoms. The Bertz CT molecular complexity index is 690. The van der Waals surface area contributed by atoms with E-state index in [1.807, 2.05) is 19.1 Å². The first-order chi connectivity index (χ1) is 9.37. The van der Waals surface area contributed by atoms with Crippen LogP contribution in [-0.2, 0) is 17.1 Å². The van der Waals surface area contributed by atoms with Gasteiger partial charge in [0, 0.05) is 13.6 Å². The van der Waals surface area contributed by atoms with Gasteiger partial charge in [-0.3, -0.25) is 4.31 Å². The molecule has 0 N–H and O–H groups in total. The lowest BCUT2D eigenvalue weighted by molar-refractivity contribution is 0.570. The van der Waals surface area contributed by atoms with Gasteiger partial charge in [0.15, 0.2) is 4.60 Å². The molecule has 6 nitrogen and oxygen atoms in total. The molecule has 108 valence electrons. The molecule has 2 rings (SSSR count). The Kier molecular flexibility index (Phi) is 4.14. The number of benzene rings is 1. The van der Waals surface area contributed by atoms with Crippen LogP contribution in [0.5, 0.6) is 0 Å². The Labute approximate surface area is 126 Å². The van der Waals surface area contributed by atoms with Crippen molar-refractivity contribution in [3.8, 4) is 0 Å². The quantitative estimate of drug-likeness (QED) is 0.839. The van der Waals surface area contributed by atoms with Crippen LogP contribution in [0.25, 0.3) is 0 Å². The van der Waals surface area contributed by atoms with Gasteiger partial charge in [0.05, 0.1) is 5.69 Å². The number of nitrogens with zero attached hydrogens (tertiary/aromatic N) is 4. The summed E-state index contributed by atoms with van der Waals surface area (Å²) < 4.78 is 28.3. The third-order valence-electron chi connectivity index (χ3n) is 2.88. The number of rotatable bonds is 4. The van der Waals surface area contributed by atoms with Crippen LogP contribution in [0.15, 0.2) is 33.9 Å². The molecule has 20 heavy (non-hydrogen) atoms. The molecule has 0 spiro atoms. The molecule has 0 aliphatic carbocycles. The van der Waals surface area contributed by atoms with Crippen molar-refractivity contribution in [3.63, 3.8) is 0 Å². The van der Waals surface area contributed by atoms with E-state index in [9.17, 15) is 8.42 Å². The second kappa shape index (κ2) is 5.53. The van der Waals surface area contributed by atoms with Gasteiger partial charge in [-0.25, -0.2) is 4.68 Å². The van der Waals surface area contributed by atoms with Crippen molar-refractivity contribution in [2.75, 3.05) is 10.8 Å². The predicted octanol–water partition coefficient (Wildman–Crippen LogP) is 2.10. The molecule has 0 amide bonds. The van der Waals surface area contributed by atoms with Crippen molar-refractivity contribution >= 4 is 31.6 Å². The Morgan fingerprint density at radius 3 is 2.35 bits per heavy atom. The lowest BCUT2D eigenvalue weighted by Crippen LogP contribution is -2.32. The summed E-state index contributed by atoms with van der Waals surface area (Å²) in [5.74, 6) is 0. The average Bonchev–Trinajstić information content (AvgIpc) is 2.72. The zero-order valence-electron chi connectivity index (χ0n) is 11.4. The topological polar surface area (TPSA) is 68.1 Å². The standard InChI is InChI=1S/C12H15BrN4O2S/c1-4-17(10-7-5-9(2)6-8-10)20(18,19)12-11(13)14-15-16(12)3/h5-8H,4H2,1-3H3. The summed E-state index contributed by atoms with van der Waals surface area (Å²) in [5, 5.41) is 7.49. The van der Waals surface area contributed by atoms with Crippen LogP contribution in [0.2, 0.25) is 0 Å². The van der Waals surface area contributed by atoms with E-state index in [1.54, 1.807) is 26.1 Å². The van der Waals surface area contributed by atoms with E-state index < -0.39 is 10.0 Å². The maximum absolute atomic E-state index is 12.7. The van der Waals surface area contributed by atoms with Crippen molar-refractivity contribution in [3.05, 3.63) is 34.4 Å². The van der Waals surface area contributed by atoms with Crippen molar-refractivity contribution in [1.29, 1.82) is 0 Å². The van der Waals surface area contributed by atoms with Gasteiger partial charge in [-0.1, -0.05) is 22.9 Å². The zero-order chi connectivity index (χ0) is 14.9. The summed E-state index contributed by atoms with van der Waals surface area (Å²) in [6.45, 7) is 4.06. The van der Waals surface area contributed by atoms with Gasteiger partial charge >= 0.3 is 0 Å². The highest BCUT2D eigenvalue weighted by atomic mass is 79.9. The molecule has 2 aromatic rings. The first-order valence-corrected chi connectivity index (χ1v) is 8.25. The van der Waals surface area contributed by atoms with Crippen molar-refractivity contribution in [2.45, 2.75) is 18.9 Å². The molecule has 0 atom stereocenters. The minimum Gasteiger partial charge on any atom is -0.265 e. The lowest BCUT2D eigenvalue weighted by Gasteiger charge is -2.22. The second-order valence-corrected chi connectivity index (χ2v) is 6.84. The summed E-state index contributed by atoms with van der Waals surface area (Å²) in [7, 11) is -2.16. The molecule has 0 aliphatic rings. The van der Waals surface area contributed by atoms with Crippen LogP contribution in [0, 0.1) is 6.92 Å². The molecular formula is C12H15BrN4O2S. The first-order valence-electron chi connectivity index (χ1n) is 6.02. The summed E-state index contributed by atoms with van der Waals surface area (Å²) in [4.78, 5) is 0. The predicted molar refractivity (Wildman–Crippen MR) is 80.1 cm³/mol. The van der Waals surface area contributed by atoms with Gasteiger partial charge in [0.1, 0.15) is 0 Å². The number of sulfonamides is 1. The lowest BCUT2D eigenvalue weighted by atomic mass is 10.2. The molecule has 1 heterocycles. The maximum Gasteiger partial charge on any atom is 0.284 e. The van der Waals surface area contributed by atoms with Crippen LogP contribution in [0.1, 0.15) is 12.5 Å². The Morgan fingerprint density at radius 2 is 1.90 bits per heavy atom. The van der Waals surface area contributed by atoms with Crippen molar-refractivity contribution in [1.82, 2.24) is 15.0 Å². The first kappa shape index (κ1) is 15.0. The summed E-state index contributed by atoms with van der Waals surface area (Å²) in [5.41, 5.74) is 1.69. The zero-order valence-corrected chi connectivity index (χ0v) is 13.8. The molecule has 0 aliphatic heterocycles. The number of anilines is 1. The Morgan fingerprint density at radius 1 is 1.30 bits per heavy atom. The number of hydrogen-bond donors (Lipinski definition) is 0. The van der Waals surface area contributed by atoms with E-state index >= 15 is 0 Å². The van der Waals surface area contributed by atoms with E-state index in [0.717, 1.165) is 5.56 Å². The molecular weight excluding hydrogens is 344 g/mol. The minimum atomic E-state index is -3.71. The van der Waals surface area contributed by atoms with Gasteiger partial charge < -0.3 is 0 Å². The van der Waals surface area contributed by atoms with Gasteiger partial charge in [-0.15, -0.1) is 5.10 Å². The summed E-state index contributed by atoms with van der Waals surface area (Å²) in [6, 6.07) is 7.33. The fraction of sp³-hybridized carbons (Fsp3) is 0.333. The van der Waals surface area contributed by atoms with Crippen LogP contribution >= 0.6 is 15.9 Å². The molecule has 8 heteroatoms. The normalized spacial score (nSPS) is 11.6. The fourth-order valence-electron chi connectivity index (χ4n) is 1.90.